The van der Waals surface area contributed by atoms with Gasteiger partial charge < -0.3 is 0 Å². The molecule has 1 aromatic rings. The van der Waals surface area contributed by atoms with Crippen LogP contribution in [-0.2, 0) is 14.6 Å². The zero-order chi connectivity index (χ0) is 10.6. The molecule has 76 valence electrons. The minimum atomic E-state index is -4.39. The van der Waals surface area contributed by atoms with Crippen molar-refractivity contribution in [1.82, 2.24) is 0 Å². The maximum atomic E-state index is 10.1. The fourth-order valence-corrected chi connectivity index (χ4v) is 2.14. The van der Waals surface area contributed by atoms with Gasteiger partial charge in [-0.25, -0.2) is 4.18 Å². The summed E-state index contributed by atoms with van der Waals surface area (Å²) in [7, 11) is -4.39. The van der Waals surface area contributed by atoms with Crippen LogP contribution in [0.25, 0.3) is 0 Å². The maximum Gasteiger partial charge on any atom is 0.398 e. The first-order valence-corrected chi connectivity index (χ1v) is 6.41. The molecule has 1 rings (SSSR count). The lowest BCUT2D eigenvalue weighted by atomic mass is 10.3. The Balaban J connectivity index is 2.54. The van der Waals surface area contributed by atoms with Gasteiger partial charge in [0.05, 0.1) is 0 Å². The summed E-state index contributed by atoms with van der Waals surface area (Å²) in [6.45, 7) is -0.360. The molecule has 14 heavy (non-hydrogen) atoms. The molecule has 0 amide bonds. The van der Waals surface area contributed by atoms with Crippen molar-refractivity contribution in [2.75, 3.05) is 6.61 Å². The summed E-state index contributed by atoms with van der Waals surface area (Å²) in [5.41, 5.74) is 0.758. The van der Waals surface area contributed by atoms with Crippen molar-refractivity contribution in [3.05, 3.63) is 20.8 Å². The third-order valence-corrected chi connectivity index (χ3v) is 3.24. The topological polar surface area (TPSA) is 63.6 Å². The Labute approximate surface area is 94.0 Å². The molecule has 0 atom stereocenters. The van der Waals surface area contributed by atoms with E-state index in [2.05, 4.69) is 32.0 Å². The van der Waals surface area contributed by atoms with Gasteiger partial charge in [-0.15, -0.1) is 11.3 Å². The molecule has 0 radical (unpaired) electrons. The molecule has 1 N–H and O–H groups in total. The van der Waals surface area contributed by atoms with Crippen molar-refractivity contribution in [3.63, 3.8) is 0 Å². The number of rotatable bonds is 2. The Kier molecular flexibility index (Phi) is 4.10. The molecule has 7 heteroatoms. The third kappa shape index (κ3) is 4.21. The van der Waals surface area contributed by atoms with E-state index < -0.39 is 10.4 Å². The molecule has 0 aliphatic rings. The average Bonchev–Trinajstić information content (AvgIpc) is 2.44. The van der Waals surface area contributed by atoms with Crippen molar-refractivity contribution in [1.29, 1.82) is 0 Å². The Morgan fingerprint density at radius 3 is 2.79 bits per heavy atom. The molecule has 0 aromatic carbocycles. The van der Waals surface area contributed by atoms with Crippen LogP contribution >= 0.6 is 27.3 Å². The SMILES string of the molecule is O=S(=O)(O)OCC#Cc1cscc1Br. The zero-order valence-electron chi connectivity index (χ0n) is 6.73. The van der Waals surface area contributed by atoms with Gasteiger partial charge in [0.1, 0.15) is 6.61 Å². The first-order valence-electron chi connectivity index (χ1n) is 3.31. The molecule has 1 heterocycles. The van der Waals surface area contributed by atoms with E-state index in [1.54, 1.807) is 0 Å². The predicted octanol–water partition coefficient (Wildman–Crippen LogP) is 1.68. The van der Waals surface area contributed by atoms with E-state index in [1.807, 2.05) is 10.8 Å². The van der Waals surface area contributed by atoms with Gasteiger partial charge in [0.25, 0.3) is 0 Å². The van der Waals surface area contributed by atoms with Crippen molar-refractivity contribution in [3.8, 4) is 11.8 Å². The van der Waals surface area contributed by atoms with Crippen molar-refractivity contribution < 1.29 is 17.2 Å². The second-order valence-electron chi connectivity index (χ2n) is 2.13. The second-order valence-corrected chi connectivity index (χ2v) is 4.81. The fourth-order valence-electron chi connectivity index (χ4n) is 0.606. The number of thiophene rings is 1. The Hall–Kier alpha value is -0.390. The fraction of sp³-hybridized carbons (Fsp3) is 0.143. The standard InChI is InChI=1S/C7H5BrO4S2/c8-7-5-13-4-6(7)2-1-3-12-14(9,10)11/h4-5H,3H2,(H,9,10,11). The summed E-state index contributed by atoms with van der Waals surface area (Å²) in [6, 6.07) is 0. The molecule has 0 fully saturated rings. The van der Waals surface area contributed by atoms with E-state index in [0.717, 1.165) is 10.0 Å². The first kappa shape index (κ1) is 11.7. The van der Waals surface area contributed by atoms with Gasteiger partial charge in [0.2, 0.25) is 0 Å². The lowest BCUT2D eigenvalue weighted by Crippen LogP contribution is -2.03. The molecule has 0 aliphatic heterocycles. The van der Waals surface area contributed by atoms with Crippen molar-refractivity contribution in [2.45, 2.75) is 0 Å². The van der Waals surface area contributed by atoms with E-state index in [0.29, 0.717) is 0 Å². The van der Waals surface area contributed by atoms with Gasteiger partial charge in [0.15, 0.2) is 0 Å². The normalized spacial score (nSPS) is 10.7. The number of halogens is 1. The molecule has 0 aliphatic carbocycles. The highest BCUT2D eigenvalue weighted by atomic mass is 79.9. The van der Waals surface area contributed by atoms with Crippen LogP contribution < -0.4 is 0 Å². The van der Waals surface area contributed by atoms with E-state index >= 15 is 0 Å². The van der Waals surface area contributed by atoms with Crippen LogP contribution in [0.5, 0.6) is 0 Å². The lowest BCUT2D eigenvalue weighted by molar-refractivity contribution is 0.300. The van der Waals surface area contributed by atoms with Gasteiger partial charge in [-0.3, -0.25) is 4.55 Å². The highest BCUT2D eigenvalue weighted by molar-refractivity contribution is 9.10. The summed E-state index contributed by atoms with van der Waals surface area (Å²) < 4.78 is 33.3. The highest BCUT2D eigenvalue weighted by Crippen LogP contribution is 2.19. The number of hydrogen-bond acceptors (Lipinski definition) is 4. The summed E-state index contributed by atoms with van der Waals surface area (Å²) in [4.78, 5) is 0. The largest absolute Gasteiger partial charge is 0.398 e. The lowest BCUT2D eigenvalue weighted by Gasteiger charge is -1.90. The predicted molar refractivity (Wildman–Crippen MR) is 56.4 cm³/mol. The van der Waals surface area contributed by atoms with E-state index in [9.17, 15) is 8.42 Å². The van der Waals surface area contributed by atoms with E-state index in [4.69, 9.17) is 4.55 Å². The highest BCUT2D eigenvalue weighted by Gasteiger charge is 2.00. The molecule has 4 nitrogen and oxygen atoms in total. The molecule has 0 saturated carbocycles. The van der Waals surface area contributed by atoms with Gasteiger partial charge in [-0.1, -0.05) is 11.8 Å². The third-order valence-electron chi connectivity index (χ3n) is 1.12. The molecular formula is C7H5BrO4S2. The van der Waals surface area contributed by atoms with Crippen LogP contribution in [0, 0.1) is 11.8 Å². The first-order chi connectivity index (χ1) is 6.49. The summed E-state index contributed by atoms with van der Waals surface area (Å²) in [5.74, 6) is 5.13. The van der Waals surface area contributed by atoms with Crippen molar-refractivity contribution >= 4 is 37.7 Å². The van der Waals surface area contributed by atoms with Gasteiger partial charge in [0, 0.05) is 20.8 Å². The van der Waals surface area contributed by atoms with E-state index in [1.165, 1.54) is 11.3 Å². The average molecular weight is 297 g/mol. The Morgan fingerprint density at radius 1 is 1.57 bits per heavy atom. The van der Waals surface area contributed by atoms with Crippen molar-refractivity contribution in [2.24, 2.45) is 0 Å². The van der Waals surface area contributed by atoms with Crippen LogP contribution in [0.1, 0.15) is 5.56 Å². The smallest absolute Gasteiger partial charge is 0.264 e. The monoisotopic (exact) mass is 296 g/mol. The minimum Gasteiger partial charge on any atom is -0.264 e. The zero-order valence-corrected chi connectivity index (χ0v) is 9.95. The summed E-state index contributed by atoms with van der Waals surface area (Å²) in [6.07, 6.45) is 0. The van der Waals surface area contributed by atoms with Crippen LogP contribution in [0.4, 0.5) is 0 Å². The summed E-state index contributed by atoms with van der Waals surface area (Å²) >= 11 is 4.73. The van der Waals surface area contributed by atoms with E-state index in [-0.39, 0.29) is 6.61 Å². The van der Waals surface area contributed by atoms with Crippen LogP contribution in [-0.4, -0.2) is 19.6 Å². The van der Waals surface area contributed by atoms with Crippen LogP contribution in [0.15, 0.2) is 15.2 Å². The molecular weight excluding hydrogens is 292 g/mol. The second kappa shape index (κ2) is 4.91. The maximum absolute atomic E-state index is 10.1. The Bertz CT molecular complexity index is 465. The summed E-state index contributed by atoms with van der Waals surface area (Å²) in [5, 5.41) is 3.66. The van der Waals surface area contributed by atoms with Crippen LogP contribution in [0.3, 0.4) is 0 Å². The minimum absolute atomic E-state index is 0.360. The molecule has 1 aromatic heterocycles. The molecule has 0 bridgehead atoms. The van der Waals surface area contributed by atoms with Gasteiger partial charge in [-0.2, -0.15) is 8.42 Å². The van der Waals surface area contributed by atoms with Gasteiger partial charge in [-0.05, 0) is 15.9 Å². The molecule has 0 unspecified atom stereocenters. The Morgan fingerprint density at radius 2 is 2.29 bits per heavy atom. The molecule has 0 spiro atoms. The van der Waals surface area contributed by atoms with Crippen LogP contribution in [0.2, 0.25) is 0 Å². The number of hydrogen-bond donors (Lipinski definition) is 1. The van der Waals surface area contributed by atoms with Gasteiger partial charge >= 0.3 is 10.4 Å². The molecule has 0 saturated heterocycles. The quantitative estimate of drug-likeness (QED) is 0.666.